The zero-order chi connectivity index (χ0) is 15.9. The number of phosphoric ester groups is 1. The molecule has 3 heterocycles. The average Bonchev–Trinajstić information content (AvgIpc) is 3.00. The van der Waals surface area contributed by atoms with Crippen LogP contribution in [0.5, 0.6) is 0 Å². The Hall–Kier alpha value is -1.62. The Morgan fingerprint density at radius 1 is 1.45 bits per heavy atom. The maximum Gasteiger partial charge on any atom is 0.469 e. The first-order chi connectivity index (χ1) is 10.3. The Kier molecular flexibility index (Phi) is 3.85. The van der Waals surface area contributed by atoms with Crippen molar-refractivity contribution in [3.63, 3.8) is 0 Å². The van der Waals surface area contributed by atoms with Gasteiger partial charge in [-0.2, -0.15) is 0 Å². The Labute approximate surface area is 124 Å². The van der Waals surface area contributed by atoms with Gasteiger partial charge in [0, 0.05) is 6.42 Å². The van der Waals surface area contributed by atoms with Gasteiger partial charge in [0.05, 0.1) is 19.0 Å². The summed E-state index contributed by atoms with van der Waals surface area (Å²) in [6.07, 6.45) is 0.543. The van der Waals surface area contributed by atoms with Gasteiger partial charge in [0.25, 0.3) is 0 Å². The van der Waals surface area contributed by atoms with Crippen LogP contribution in [0.2, 0.25) is 0 Å². The van der Waals surface area contributed by atoms with Crippen molar-refractivity contribution < 1.29 is 28.7 Å². The highest BCUT2D eigenvalue weighted by molar-refractivity contribution is 7.46. The van der Waals surface area contributed by atoms with Crippen LogP contribution in [0.4, 0.5) is 5.82 Å². The van der Waals surface area contributed by atoms with Crippen LogP contribution in [0.15, 0.2) is 12.7 Å². The topological polar surface area (TPSA) is 166 Å². The zero-order valence-electron chi connectivity index (χ0n) is 11.2. The predicted molar refractivity (Wildman–Crippen MR) is 72.3 cm³/mol. The number of hydrogen-bond donors (Lipinski definition) is 4. The van der Waals surface area contributed by atoms with Gasteiger partial charge in [0.1, 0.15) is 24.2 Å². The SMILES string of the molecule is Nc1ncnc2c1ncn2[C@@H]1C[C@@H](O)[C@H](COP(=O)(O)O)O1. The number of imidazole rings is 1. The van der Waals surface area contributed by atoms with Crippen molar-refractivity contribution in [1.82, 2.24) is 19.5 Å². The molecule has 0 spiro atoms. The van der Waals surface area contributed by atoms with Crippen molar-refractivity contribution in [2.45, 2.75) is 24.9 Å². The number of nitrogen functional groups attached to an aromatic ring is 1. The number of aliphatic hydroxyl groups excluding tert-OH is 1. The number of nitrogens with zero attached hydrogens (tertiary/aromatic N) is 4. The molecule has 1 aliphatic heterocycles. The number of ether oxygens (including phenoxy) is 1. The van der Waals surface area contributed by atoms with Crippen LogP contribution in [-0.2, 0) is 13.8 Å². The lowest BCUT2D eigenvalue weighted by Gasteiger charge is -2.16. The van der Waals surface area contributed by atoms with Crippen molar-refractivity contribution >= 4 is 24.8 Å². The van der Waals surface area contributed by atoms with Gasteiger partial charge in [-0.25, -0.2) is 19.5 Å². The fourth-order valence-electron chi connectivity index (χ4n) is 2.29. The molecule has 0 radical (unpaired) electrons. The van der Waals surface area contributed by atoms with Gasteiger partial charge in [-0.3, -0.25) is 9.09 Å². The quantitative estimate of drug-likeness (QED) is 0.519. The molecule has 11 nitrogen and oxygen atoms in total. The lowest BCUT2D eigenvalue weighted by atomic mass is 10.2. The van der Waals surface area contributed by atoms with E-state index in [1.165, 1.54) is 12.7 Å². The molecule has 0 bridgehead atoms. The normalized spacial score (nSPS) is 25.9. The molecule has 5 N–H and O–H groups in total. The number of fused-ring (bicyclic) bond motifs is 1. The fourth-order valence-corrected chi connectivity index (χ4v) is 2.63. The van der Waals surface area contributed by atoms with E-state index in [0.717, 1.165) is 0 Å². The summed E-state index contributed by atoms with van der Waals surface area (Å²) in [4.78, 5) is 29.4. The van der Waals surface area contributed by atoms with Gasteiger partial charge in [-0.1, -0.05) is 0 Å². The maximum atomic E-state index is 10.7. The lowest BCUT2D eigenvalue weighted by Crippen LogP contribution is -2.25. The molecule has 3 atom stereocenters. The second kappa shape index (κ2) is 5.54. The number of nitrogens with two attached hydrogens (primary N) is 1. The molecule has 12 heteroatoms. The van der Waals surface area contributed by atoms with Crippen LogP contribution < -0.4 is 5.73 Å². The second-order valence-electron chi connectivity index (χ2n) is 4.80. The third kappa shape index (κ3) is 2.95. The lowest BCUT2D eigenvalue weighted by molar-refractivity contribution is -0.0424. The van der Waals surface area contributed by atoms with Gasteiger partial charge >= 0.3 is 7.82 Å². The molecule has 0 unspecified atom stereocenters. The van der Waals surface area contributed by atoms with Crippen LogP contribution in [-0.4, -0.2) is 53.2 Å². The van der Waals surface area contributed by atoms with Crippen molar-refractivity contribution in [3.05, 3.63) is 12.7 Å². The van der Waals surface area contributed by atoms with Crippen molar-refractivity contribution in [1.29, 1.82) is 0 Å². The Morgan fingerprint density at radius 2 is 2.23 bits per heavy atom. The highest BCUT2D eigenvalue weighted by Crippen LogP contribution is 2.38. The predicted octanol–water partition coefficient (Wildman–Crippen LogP) is -0.834. The summed E-state index contributed by atoms with van der Waals surface area (Å²) in [6, 6.07) is 0. The number of rotatable bonds is 4. The largest absolute Gasteiger partial charge is 0.469 e. The third-order valence-corrected chi connectivity index (χ3v) is 3.79. The smallest absolute Gasteiger partial charge is 0.390 e. The number of aliphatic hydroxyl groups is 1. The molecule has 2 aromatic heterocycles. The van der Waals surface area contributed by atoms with Crippen LogP contribution in [0, 0.1) is 0 Å². The van der Waals surface area contributed by atoms with Gasteiger partial charge in [-0.05, 0) is 0 Å². The molecule has 120 valence electrons. The molecule has 0 aliphatic carbocycles. The van der Waals surface area contributed by atoms with Gasteiger partial charge < -0.3 is 25.4 Å². The number of aromatic nitrogens is 4. The van der Waals surface area contributed by atoms with E-state index < -0.39 is 32.9 Å². The summed E-state index contributed by atoms with van der Waals surface area (Å²) in [7, 11) is -4.62. The van der Waals surface area contributed by atoms with E-state index in [4.69, 9.17) is 20.3 Å². The summed E-state index contributed by atoms with van der Waals surface area (Å²) in [5, 5.41) is 9.93. The minimum absolute atomic E-state index is 0.199. The third-order valence-electron chi connectivity index (χ3n) is 3.31. The van der Waals surface area contributed by atoms with Crippen molar-refractivity contribution in [2.75, 3.05) is 12.3 Å². The number of phosphoric acid groups is 1. The fraction of sp³-hybridized carbons (Fsp3) is 0.500. The molecule has 2 aromatic rings. The molecule has 1 fully saturated rings. The van der Waals surface area contributed by atoms with Gasteiger partial charge in [0.15, 0.2) is 11.5 Å². The molecule has 3 rings (SSSR count). The van der Waals surface area contributed by atoms with Crippen LogP contribution in [0.25, 0.3) is 11.2 Å². The summed E-state index contributed by atoms with van der Waals surface area (Å²) in [5.41, 5.74) is 6.55. The standard InChI is InChI=1S/C10H14N5O6P/c11-9-8-10(13-3-12-9)15(4-14-8)7-1-5(16)6(21-7)2-20-22(17,18)19/h3-7,16H,1-2H2,(H2,11,12,13)(H2,17,18,19)/t5-,6+,7+/m1/s1. The number of anilines is 1. The zero-order valence-corrected chi connectivity index (χ0v) is 12.1. The van der Waals surface area contributed by atoms with Crippen LogP contribution in [0.3, 0.4) is 0 Å². The first-order valence-electron chi connectivity index (χ1n) is 6.32. The Balaban J connectivity index is 1.78. The summed E-state index contributed by atoms with van der Waals surface area (Å²) >= 11 is 0. The van der Waals surface area contributed by atoms with E-state index in [1.807, 2.05) is 0 Å². The number of hydrogen-bond acceptors (Lipinski definition) is 8. The first-order valence-corrected chi connectivity index (χ1v) is 7.85. The highest BCUT2D eigenvalue weighted by atomic mass is 31.2. The molecule has 0 saturated carbocycles. The first kappa shape index (κ1) is 15.3. The van der Waals surface area contributed by atoms with Crippen molar-refractivity contribution in [3.8, 4) is 0 Å². The van der Waals surface area contributed by atoms with E-state index in [1.54, 1.807) is 4.57 Å². The minimum atomic E-state index is -4.62. The van der Waals surface area contributed by atoms with Gasteiger partial charge in [0.2, 0.25) is 0 Å². The average molecular weight is 331 g/mol. The summed E-state index contributed by atoms with van der Waals surface area (Å²) in [5.74, 6) is 0.226. The minimum Gasteiger partial charge on any atom is -0.390 e. The summed E-state index contributed by atoms with van der Waals surface area (Å²) in [6.45, 7) is -0.425. The molecule has 0 amide bonds. The van der Waals surface area contributed by atoms with Crippen LogP contribution >= 0.6 is 7.82 Å². The Bertz CT molecular complexity index is 732. The van der Waals surface area contributed by atoms with Gasteiger partial charge in [-0.15, -0.1) is 0 Å². The van der Waals surface area contributed by atoms with E-state index >= 15 is 0 Å². The monoisotopic (exact) mass is 331 g/mol. The Morgan fingerprint density at radius 3 is 2.95 bits per heavy atom. The maximum absolute atomic E-state index is 10.7. The van der Waals surface area contributed by atoms with Crippen LogP contribution in [0.1, 0.15) is 12.6 Å². The second-order valence-corrected chi connectivity index (χ2v) is 6.04. The van der Waals surface area contributed by atoms with E-state index in [9.17, 15) is 9.67 Å². The molecular formula is C10H14N5O6P. The molecule has 1 aliphatic rings. The van der Waals surface area contributed by atoms with Crippen molar-refractivity contribution in [2.24, 2.45) is 0 Å². The molecule has 22 heavy (non-hydrogen) atoms. The van der Waals surface area contributed by atoms with E-state index in [-0.39, 0.29) is 12.2 Å². The molecule has 0 aromatic carbocycles. The summed E-state index contributed by atoms with van der Waals surface area (Å²) < 4.78 is 22.2. The van der Waals surface area contributed by atoms with E-state index in [2.05, 4.69) is 19.5 Å². The van der Waals surface area contributed by atoms with E-state index in [0.29, 0.717) is 11.2 Å². The molecular weight excluding hydrogens is 317 g/mol. The molecule has 1 saturated heterocycles. The highest BCUT2D eigenvalue weighted by Gasteiger charge is 2.37.